The molecule has 2 aliphatic rings. The van der Waals surface area contributed by atoms with Crippen LogP contribution in [0.1, 0.15) is 32.1 Å². The van der Waals surface area contributed by atoms with Crippen LogP contribution in [0.3, 0.4) is 0 Å². The van der Waals surface area contributed by atoms with E-state index in [9.17, 15) is 4.79 Å². The summed E-state index contributed by atoms with van der Waals surface area (Å²) in [6.45, 7) is 0. The third-order valence-corrected chi connectivity index (χ3v) is 3.68. The minimum atomic E-state index is -0.941. The average molecular weight is 258 g/mol. The summed E-state index contributed by atoms with van der Waals surface area (Å²) in [6.07, 6.45) is 7.27. The quantitative estimate of drug-likeness (QED) is 0.842. The van der Waals surface area contributed by atoms with E-state index in [4.69, 9.17) is 14.6 Å². The summed E-state index contributed by atoms with van der Waals surface area (Å²) < 4.78 is 11.5. The van der Waals surface area contributed by atoms with Crippen molar-refractivity contribution < 1.29 is 19.4 Å². The fraction of sp³-hybridized carbons (Fsp3) is 0.750. The van der Waals surface area contributed by atoms with Crippen LogP contribution < -0.4 is 0 Å². The number of thioether (sulfide) groups is 1. The molecule has 0 amide bonds. The van der Waals surface area contributed by atoms with Crippen LogP contribution in [0.15, 0.2) is 11.5 Å². The summed E-state index contributed by atoms with van der Waals surface area (Å²) in [5.41, 5.74) is 0. The van der Waals surface area contributed by atoms with E-state index in [2.05, 4.69) is 0 Å². The highest BCUT2D eigenvalue weighted by Crippen LogP contribution is 2.41. The zero-order valence-electron chi connectivity index (χ0n) is 9.93. The van der Waals surface area contributed by atoms with E-state index in [-0.39, 0.29) is 0 Å². The fourth-order valence-electron chi connectivity index (χ4n) is 2.45. The van der Waals surface area contributed by atoms with Gasteiger partial charge in [-0.3, -0.25) is 0 Å². The van der Waals surface area contributed by atoms with E-state index in [1.54, 1.807) is 6.08 Å². The number of rotatable bonds is 3. The second kappa shape index (κ2) is 5.42. The Kier molecular flexibility index (Phi) is 4.12. The molecule has 96 valence electrons. The molecule has 17 heavy (non-hydrogen) atoms. The largest absolute Gasteiger partial charge is 0.479 e. The van der Waals surface area contributed by atoms with Crippen molar-refractivity contribution in [2.24, 2.45) is 0 Å². The van der Waals surface area contributed by atoms with Crippen LogP contribution in [0.5, 0.6) is 0 Å². The maximum absolute atomic E-state index is 11.2. The van der Waals surface area contributed by atoms with Crippen molar-refractivity contribution in [3.8, 4) is 0 Å². The molecule has 1 heterocycles. The van der Waals surface area contributed by atoms with Gasteiger partial charge in [-0.05, 0) is 30.6 Å². The topological polar surface area (TPSA) is 55.8 Å². The lowest BCUT2D eigenvalue weighted by atomic mass is 9.94. The van der Waals surface area contributed by atoms with Gasteiger partial charge in [0, 0.05) is 12.8 Å². The highest BCUT2D eigenvalue weighted by molar-refractivity contribution is 8.01. The number of carboxylic acids is 1. The third-order valence-electron chi connectivity index (χ3n) is 3.25. The van der Waals surface area contributed by atoms with Gasteiger partial charge in [-0.15, -0.1) is 11.8 Å². The van der Waals surface area contributed by atoms with Crippen LogP contribution in [0, 0.1) is 0 Å². The van der Waals surface area contributed by atoms with Crippen molar-refractivity contribution in [3.63, 3.8) is 0 Å². The van der Waals surface area contributed by atoms with Gasteiger partial charge < -0.3 is 14.6 Å². The van der Waals surface area contributed by atoms with Crippen molar-refractivity contribution in [3.05, 3.63) is 11.5 Å². The molecule has 1 saturated carbocycles. The van der Waals surface area contributed by atoms with Gasteiger partial charge in [-0.2, -0.15) is 0 Å². The van der Waals surface area contributed by atoms with Gasteiger partial charge in [0.15, 0.2) is 11.9 Å². The van der Waals surface area contributed by atoms with Crippen LogP contribution in [0.25, 0.3) is 0 Å². The van der Waals surface area contributed by atoms with E-state index in [1.165, 1.54) is 18.2 Å². The molecule has 0 radical (unpaired) electrons. The molecule has 1 spiro atoms. The molecular formula is C12H18O4S. The zero-order valence-corrected chi connectivity index (χ0v) is 10.7. The molecule has 0 aromatic rings. The molecule has 0 bridgehead atoms. The van der Waals surface area contributed by atoms with Crippen molar-refractivity contribution in [1.82, 2.24) is 0 Å². The van der Waals surface area contributed by atoms with Crippen molar-refractivity contribution in [1.29, 1.82) is 0 Å². The normalized spacial score (nSPS) is 32.3. The Morgan fingerprint density at radius 3 is 2.65 bits per heavy atom. The smallest absolute Gasteiger partial charge is 0.336 e. The number of carbonyl (C=O) groups is 1. The van der Waals surface area contributed by atoms with Gasteiger partial charge in [0.1, 0.15) is 6.10 Å². The SMILES string of the molecule is CSC=C[C@H]1OC2(CCCCC2)O[C@H]1C(=O)O. The number of aliphatic carboxylic acids is 1. The summed E-state index contributed by atoms with van der Waals surface area (Å²) in [7, 11) is 0. The molecule has 1 saturated heterocycles. The molecule has 0 aromatic heterocycles. The third kappa shape index (κ3) is 2.84. The first-order chi connectivity index (χ1) is 8.17. The lowest BCUT2D eigenvalue weighted by Crippen LogP contribution is -2.34. The molecule has 1 aliphatic heterocycles. The lowest BCUT2D eigenvalue weighted by Gasteiger charge is -2.31. The van der Waals surface area contributed by atoms with Gasteiger partial charge in [0.25, 0.3) is 0 Å². The Balaban J connectivity index is 2.10. The van der Waals surface area contributed by atoms with Crippen molar-refractivity contribution in [2.75, 3.05) is 6.26 Å². The Bertz CT molecular complexity index is 310. The number of carboxylic acid groups (broad SMARTS) is 1. The second-order valence-corrected chi connectivity index (χ2v) is 5.24. The van der Waals surface area contributed by atoms with Crippen molar-refractivity contribution >= 4 is 17.7 Å². The molecule has 1 N–H and O–H groups in total. The Morgan fingerprint density at radius 2 is 2.06 bits per heavy atom. The number of hydrogen-bond acceptors (Lipinski definition) is 4. The zero-order chi connectivity index (χ0) is 12.3. The monoisotopic (exact) mass is 258 g/mol. The second-order valence-electron chi connectivity index (χ2n) is 4.49. The lowest BCUT2D eigenvalue weighted by molar-refractivity contribution is -0.196. The Labute approximate surface area is 105 Å². The molecule has 2 atom stereocenters. The predicted octanol–water partition coefficient (Wildman–Crippen LogP) is 2.39. The van der Waals surface area contributed by atoms with Gasteiger partial charge >= 0.3 is 5.97 Å². The van der Waals surface area contributed by atoms with Crippen LogP contribution in [0.4, 0.5) is 0 Å². The highest BCUT2D eigenvalue weighted by atomic mass is 32.2. The standard InChI is InChI=1S/C12H18O4S/c1-17-8-5-9-10(11(13)14)16-12(15-9)6-3-2-4-7-12/h5,8-10H,2-4,6-7H2,1H3,(H,13,14)/t9-,10-/m1/s1. The van der Waals surface area contributed by atoms with E-state index in [0.29, 0.717) is 0 Å². The molecule has 4 nitrogen and oxygen atoms in total. The Morgan fingerprint density at radius 1 is 1.35 bits per heavy atom. The Hall–Kier alpha value is -0.520. The molecular weight excluding hydrogens is 240 g/mol. The van der Waals surface area contributed by atoms with E-state index < -0.39 is 24.0 Å². The first kappa shape index (κ1) is 12.9. The number of ether oxygens (including phenoxy) is 2. The van der Waals surface area contributed by atoms with Crippen molar-refractivity contribution in [2.45, 2.75) is 50.1 Å². The first-order valence-electron chi connectivity index (χ1n) is 5.95. The molecule has 2 rings (SSSR count). The molecule has 2 fully saturated rings. The number of hydrogen-bond donors (Lipinski definition) is 1. The summed E-state index contributed by atoms with van der Waals surface area (Å²) in [6, 6.07) is 0. The molecule has 1 aliphatic carbocycles. The van der Waals surface area contributed by atoms with Gasteiger partial charge in [-0.1, -0.05) is 6.42 Å². The molecule has 5 heteroatoms. The van der Waals surface area contributed by atoms with Crippen LogP contribution >= 0.6 is 11.8 Å². The van der Waals surface area contributed by atoms with Gasteiger partial charge in [-0.25, -0.2) is 4.79 Å². The summed E-state index contributed by atoms with van der Waals surface area (Å²) in [5, 5.41) is 11.0. The van der Waals surface area contributed by atoms with E-state index in [0.717, 1.165) is 25.7 Å². The van der Waals surface area contributed by atoms with Crippen LogP contribution in [-0.2, 0) is 14.3 Å². The minimum Gasteiger partial charge on any atom is -0.479 e. The summed E-state index contributed by atoms with van der Waals surface area (Å²) in [4.78, 5) is 11.2. The fourth-order valence-corrected chi connectivity index (χ4v) is 2.76. The summed E-state index contributed by atoms with van der Waals surface area (Å²) in [5.74, 6) is -1.59. The van der Waals surface area contributed by atoms with Gasteiger partial charge in [0.2, 0.25) is 0 Å². The maximum Gasteiger partial charge on any atom is 0.336 e. The van der Waals surface area contributed by atoms with E-state index >= 15 is 0 Å². The predicted molar refractivity (Wildman–Crippen MR) is 65.9 cm³/mol. The first-order valence-corrected chi connectivity index (χ1v) is 7.24. The highest BCUT2D eigenvalue weighted by Gasteiger charge is 2.49. The summed E-state index contributed by atoms with van der Waals surface area (Å²) >= 11 is 1.53. The minimum absolute atomic E-state index is 0.460. The van der Waals surface area contributed by atoms with Crippen LogP contribution in [0.2, 0.25) is 0 Å². The van der Waals surface area contributed by atoms with Crippen LogP contribution in [-0.4, -0.2) is 35.3 Å². The molecule has 0 aromatic carbocycles. The van der Waals surface area contributed by atoms with E-state index in [1.807, 2.05) is 11.7 Å². The average Bonchev–Trinajstić information content (AvgIpc) is 2.66. The maximum atomic E-state index is 11.2. The van der Waals surface area contributed by atoms with Gasteiger partial charge in [0.05, 0.1) is 0 Å². The molecule has 0 unspecified atom stereocenters.